The Morgan fingerprint density at radius 3 is 1.60 bits per heavy atom. The van der Waals surface area contributed by atoms with Crippen molar-refractivity contribution >= 4 is 47.3 Å². The molecule has 0 saturated carbocycles. The zero-order chi connectivity index (χ0) is 46.5. The van der Waals surface area contributed by atoms with Crippen LogP contribution < -0.4 is 49.1 Å². The molecule has 62 heavy (non-hydrogen) atoms. The highest BCUT2D eigenvalue weighted by atomic mass is 16.2. The summed E-state index contributed by atoms with van der Waals surface area (Å²) >= 11 is 0. The van der Waals surface area contributed by atoms with Crippen LogP contribution in [0, 0.1) is 23.7 Å². The summed E-state index contributed by atoms with van der Waals surface area (Å²) in [6.07, 6.45) is 1.94. The summed E-state index contributed by atoms with van der Waals surface area (Å²) in [5.41, 5.74) is 18.8. The van der Waals surface area contributed by atoms with E-state index >= 15 is 0 Å². The first-order chi connectivity index (χ1) is 29.3. The summed E-state index contributed by atoms with van der Waals surface area (Å²) in [5.74, 6) is -5.12. The molecule has 2 aromatic rings. The SMILES string of the molecule is CC[C@H](C)[C@H](NC(=O)[C@H](CC(C)C)NC(=O)[C@H](CCCN=C(N)N)NC(=O)CNC(=O)[C@@H](NC(=O)[C@H](CC(C)C)NC(=O)c1ccc(-c2ccccc2)cc1)[C@@H](C)CC)C(N)=O. The molecule has 7 amide bonds. The molecule has 12 N–H and O–H groups in total. The van der Waals surface area contributed by atoms with E-state index in [2.05, 4.69) is 36.9 Å². The van der Waals surface area contributed by atoms with Crippen molar-refractivity contribution < 1.29 is 33.6 Å². The zero-order valence-corrected chi connectivity index (χ0v) is 37.6. The van der Waals surface area contributed by atoms with Gasteiger partial charge in [0.1, 0.15) is 30.2 Å². The van der Waals surface area contributed by atoms with Gasteiger partial charge in [0.05, 0.1) is 6.54 Å². The monoisotopic (exact) mass is 863 g/mol. The van der Waals surface area contributed by atoms with Crippen LogP contribution in [0.15, 0.2) is 59.6 Å². The van der Waals surface area contributed by atoms with Gasteiger partial charge in [-0.25, -0.2) is 0 Å². The van der Waals surface area contributed by atoms with E-state index in [1.807, 2.05) is 84.0 Å². The molecule has 0 radical (unpaired) electrons. The standard InChI is InChI=1S/C45H70N10O7/c1-9-28(7)37(39(46)57)54-42(60)35(24-27(5)6)53-41(59)33(17-14-22-49-45(47)48)51-36(56)25-50-44(62)38(29(8)10-2)55-43(61)34(23-26(3)4)52-40(58)32-20-18-31(19-21-32)30-15-12-11-13-16-30/h11-13,15-16,18-21,26-29,33-35,37-38H,9-10,14,17,22-25H2,1-8H3,(H2,46,57)(H,50,62)(H,51,56)(H,52,58)(H,53,59)(H,54,60)(H,55,61)(H4,47,48,49)/t28-,29-,33-,34-,35-,37-,38-/m0/s1. The lowest BCUT2D eigenvalue weighted by Crippen LogP contribution is -2.58. The molecule has 0 fully saturated rings. The number of nitrogens with two attached hydrogens (primary N) is 3. The van der Waals surface area contributed by atoms with Crippen LogP contribution in [-0.4, -0.2) is 90.6 Å². The Kier molecular flexibility index (Phi) is 22.2. The van der Waals surface area contributed by atoms with Gasteiger partial charge in [0.2, 0.25) is 35.4 Å². The van der Waals surface area contributed by atoms with E-state index in [0.29, 0.717) is 24.8 Å². The molecule has 342 valence electrons. The van der Waals surface area contributed by atoms with Crippen LogP contribution in [0.1, 0.15) is 104 Å². The second-order valence-corrected chi connectivity index (χ2v) is 16.7. The van der Waals surface area contributed by atoms with Gasteiger partial charge in [-0.3, -0.25) is 38.6 Å². The van der Waals surface area contributed by atoms with Crippen molar-refractivity contribution in [2.24, 2.45) is 45.9 Å². The Labute approximate surface area is 366 Å². The molecular formula is C45H70N10O7. The lowest BCUT2D eigenvalue weighted by Gasteiger charge is -2.28. The van der Waals surface area contributed by atoms with Crippen molar-refractivity contribution in [1.29, 1.82) is 0 Å². The lowest BCUT2D eigenvalue weighted by molar-refractivity contribution is -0.134. The minimum Gasteiger partial charge on any atom is -0.370 e. The molecule has 0 aromatic heterocycles. The van der Waals surface area contributed by atoms with Gasteiger partial charge >= 0.3 is 0 Å². The number of carbonyl (C=O) groups excluding carboxylic acids is 7. The van der Waals surface area contributed by atoms with Gasteiger partial charge in [0.15, 0.2) is 5.96 Å². The number of nitrogens with one attached hydrogen (secondary N) is 6. The van der Waals surface area contributed by atoms with Gasteiger partial charge in [0.25, 0.3) is 5.91 Å². The molecule has 17 heteroatoms. The maximum Gasteiger partial charge on any atom is 0.251 e. The van der Waals surface area contributed by atoms with E-state index in [0.717, 1.165) is 11.1 Å². The van der Waals surface area contributed by atoms with Crippen LogP contribution >= 0.6 is 0 Å². The second-order valence-electron chi connectivity index (χ2n) is 16.7. The summed E-state index contributed by atoms with van der Waals surface area (Å²) < 4.78 is 0. The average molecular weight is 863 g/mol. The topological polar surface area (TPSA) is 282 Å². The summed E-state index contributed by atoms with van der Waals surface area (Å²) in [6.45, 7) is 14.4. The molecule has 0 bridgehead atoms. The Balaban J connectivity index is 2.20. The van der Waals surface area contributed by atoms with Gasteiger partial charge in [-0.2, -0.15) is 0 Å². The largest absolute Gasteiger partial charge is 0.370 e. The van der Waals surface area contributed by atoms with Gasteiger partial charge in [0, 0.05) is 12.1 Å². The van der Waals surface area contributed by atoms with Gasteiger partial charge in [-0.05, 0) is 72.6 Å². The molecule has 0 heterocycles. The van der Waals surface area contributed by atoms with Crippen molar-refractivity contribution in [2.75, 3.05) is 13.1 Å². The van der Waals surface area contributed by atoms with Gasteiger partial charge in [-0.15, -0.1) is 0 Å². The third kappa shape index (κ3) is 17.9. The number of nitrogens with zero attached hydrogens (tertiary/aromatic N) is 1. The van der Waals surface area contributed by atoms with Crippen molar-refractivity contribution in [2.45, 2.75) is 124 Å². The highest BCUT2D eigenvalue weighted by Gasteiger charge is 2.33. The van der Waals surface area contributed by atoms with Crippen molar-refractivity contribution in [3.05, 3.63) is 60.2 Å². The highest BCUT2D eigenvalue weighted by Crippen LogP contribution is 2.20. The molecular weight excluding hydrogens is 793 g/mol. The van der Waals surface area contributed by atoms with E-state index in [1.165, 1.54) is 0 Å². The van der Waals surface area contributed by atoms with Gasteiger partial charge < -0.3 is 49.1 Å². The van der Waals surface area contributed by atoms with Crippen LogP contribution in [-0.2, 0) is 28.8 Å². The van der Waals surface area contributed by atoms with E-state index in [-0.39, 0.29) is 55.4 Å². The summed E-state index contributed by atoms with van der Waals surface area (Å²) in [7, 11) is 0. The molecule has 2 aromatic carbocycles. The molecule has 0 aliphatic rings. The quantitative estimate of drug-likeness (QED) is 0.0381. The smallest absolute Gasteiger partial charge is 0.251 e. The van der Waals surface area contributed by atoms with Crippen LogP contribution in [0.5, 0.6) is 0 Å². The number of aliphatic imine (C=N–C) groups is 1. The lowest BCUT2D eigenvalue weighted by atomic mass is 9.96. The predicted octanol–water partition coefficient (Wildman–Crippen LogP) is 2.23. The second kappa shape index (κ2) is 26.4. The van der Waals surface area contributed by atoms with E-state index in [9.17, 15) is 33.6 Å². The van der Waals surface area contributed by atoms with Crippen molar-refractivity contribution in [1.82, 2.24) is 31.9 Å². The summed E-state index contributed by atoms with van der Waals surface area (Å²) in [5, 5.41) is 16.3. The molecule has 0 aliphatic carbocycles. The summed E-state index contributed by atoms with van der Waals surface area (Å²) in [4.78, 5) is 97.4. The number of rotatable bonds is 26. The van der Waals surface area contributed by atoms with E-state index < -0.39 is 78.1 Å². The fourth-order valence-electron chi connectivity index (χ4n) is 6.60. The van der Waals surface area contributed by atoms with Crippen molar-refractivity contribution in [3.8, 4) is 11.1 Å². The Morgan fingerprint density at radius 2 is 1.08 bits per heavy atom. The number of amides is 7. The van der Waals surface area contributed by atoms with Crippen LogP contribution in [0.25, 0.3) is 11.1 Å². The fourth-order valence-corrected chi connectivity index (χ4v) is 6.60. The average Bonchev–Trinajstić information content (AvgIpc) is 3.23. The Hall–Kier alpha value is -6.00. The third-order valence-corrected chi connectivity index (χ3v) is 10.6. The highest BCUT2D eigenvalue weighted by molar-refractivity contribution is 5.99. The van der Waals surface area contributed by atoms with Gasteiger partial charge in [-0.1, -0.05) is 111 Å². The molecule has 0 aliphatic heterocycles. The molecule has 0 unspecified atom stereocenters. The number of guanidine groups is 1. The molecule has 7 atom stereocenters. The Morgan fingerprint density at radius 1 is 0.581 bits per heavy atom. The molecule has 17 nitrogen and oxygen atoms in total. The third-order valence-electron chi connectivity index (χ3n) is 10.6. The van der Waals surface area contributed by atoms with E-state index in [4.69, 9.17) is 17.2 Å². The number of hydrogen-bond acceptors (Lipinski definition) is 8. The first-order valence-corrected chi connectivity index (χ1v) is 21.6. The maximum absolute atomic E-state index is 13.8. The molecule has 0 saturated heterocycles. The van der Waals surface area contributed by atoms with Crippen LogP contribution in [0.2, 0.25) is 0 Å². The molecule has 2 rings (SSSR count). The number of carbonyl (C=O) groups is 7. The maximum atomic E-state index is 13.8. The number of primary amides is 1. The number of benzene rings is 2. The first kappa shape index (κ1) is 52.1. The predicted molar refractivity (Wildman–Crippen MR) is 241 cm³/mol. The fraction of sp³-hybridized carbons (Fsp3) is 0.556. The minimum atomic E-state index is -1.17. The normalized spacial score (nSPS) is 14.5. The number of hydrogen-bond donors (Lipinski definition) is 9. The zero-order valence-electron chi connectivity index (χ0n) is 37.6. The Bertz CT molecular complexity index is 1820. The van der Waals surface area contributed by atoms with Crippen LogP contribution in [0.4, 0.5) is 0 Å². The summed E-state index contributed by atoms with van der Waals surface area (Å²) in [6, 6.07) is 11.6. The van der Waals surface area contributed by atoms with Crippen LogP contribution in [0.3, 0.4) is 0 Å². The van der Waals surface area contributed by atoms with Crippen molar-refractivity contribution in [3.63, 3.8) is 0 Å². The molecule has 0 spiro atoms. The first-order valence-electron chi connectivity index (χ1n) is 21.6. The van der Waals surface area contributed by atoms with E-state index in [1.54, 1.807) is 26.0 Å². The minimum absolute atomic E-state index is 0.0162.